The van der Waals surface area contributed by atoms with E-state index in [1.165, 1.54) is 7.11 Å². The molecule has 68 valence electrons. The molecule has 1 fully saturated rings. The Morgan fingerprint density at radius 2 is 2.50 bits per heavy atom. The van der Waals surface area contributed by atoms with Crippen LogP contribution in [0.15, 0.2) is 0 Å². The number of carbonyl (C=O) groups excluding carboxylic acids is 2. The van der Waals surface area contributed by atoms with Crippen molar-refractivity contribution in [1.29, 1.82) is 0 Å². The van der Waals surface area contributed by atoms with Crippen LogP contribution in [0, 0.1) is 0 Å². The number of amides is 2. The van der Waals surface area contributed by atoms with Crippen molar-refractivity contribution in [3.8, 4) is 0 Å². The number of hydrogen-bond donors (Lipinski definition) is 1. The number of alkyl carbamates (subject to hydrolysis) is 1. The summed E-state index contributed by atoms with van der Waals surface area (Å²) in [6.45, 7) is 1.29. The molecule has 1 saturated heterocycles. The van der Waals surface area contributed by atoms with Gasteiger partial charge in [-0.25, -0.2) is 4.79 Å². The van der Waals surface area contributed by atoms with Gasteiger partial charge < -0.3 is 15.0 Å². The fraction of sp³-hybridized carbons (Fsp3) is 0.714. The Kier molecular flexibility index (Phi) is 2.90. The van der Waals surface area contributed by atoms with E-state index in [1.807, 2.05) is 0 Å². The number of ether oxygens (including phenoxy) is 1. The van der Waals surface area contributed by atoms with Gasteiger partial charge >= 0.3 is 6.09 Å². The highest BCUT2D eigenvalue weighted by atomic mass is 16.5. The van der Waals surface area contributed by atoms with Crippen LogP contribution in [0.2, 0.25) is 0 Å². The molecule has 0 aromatic carbocycles. The van der Waals surface area contributed by atoms with Crippen molar-refractivity contribution in [1.82, 2.24) is 10.2 Å². The van der Waals surface area contributed by atoms with E-state index >= 15 is 0 Å². The highest BCUT2D eigenvalue weighted by Gasteiger charge is 2.22. The summed E-state index contributed by atoms with van der Waals surface area (Å²) in [6, 6.07) is 0.0441. The quantitative estimate of drug-likeness (QED) is 0.575. The Bertz CT molecular complexity index is 183. The van der Waals surface area contributed by atoms with Crippen LogP contribution in [0.25, 0.3) is 0 Å². The molecule has 0 unspecified atom stereocenters. The maximum Gasteiger partial charge on any atom is 0.407 e. The molecule has 0 aromatic rings. The molecular weight excluding hydrogens is 160 g/mol. The summed E-state index contributed by atoms with van der Waals surface area (Å²) in [4.78, 5) is 22.6. The SMILES string of the molecule is COC(=O)N[C@@H]1CCN(C=O)C1. The fourth-order valence-electron chi connectivity index (χ4n) is 1.23. The molecule has 2 amide bonds. The van der Waals surface area contributed by atoms with Crippen LogP contribution in [0.1, 0.15) is 6.42 Å². The van der Waals surface area contributed by atoms with Gasteiger partial charge in [0.15, 0.2) is 0 Å². The third-order valence-electron chi connectivity index (χ3n) is 1.88. The van der Waals surface area contributed by atoms with Gasteiger partial charge in [-0.1, -0.05) is 0 Å². The molecule has 0 aliphatic carbocycles. The molecule has 1 aliphatic heterocycles. The Morgan fingerprint density at radius 1 is 1.75 bits per heavy atom. The van der Waals surface area contributed by atoms with Gasteiger partial charge in [0, 0.05) is 13.1 Å². The van der Waals surface area contributed by atoms with Gasteiger partial charge in [-0.2, -0.15) is 0 Å². The highest BCUT2D eigenvalue weighted by molar-refractivity contribution is 5.67. The van der Waals surface area contributed by atoms with Gasteiger partial charge in [0.05, 0.1) is 13.2 Å². The van der Waals surface area contributed by atoms with Gasteiger partial charge in [0.1, 0.15) is 0 Å². The standard InChI is InChI=1S/C7H12N2O3/c1-12-7(11)8-6-2-3-9(4-6)5-10/h5-6H,2-4H2,1H3,(H,8,11)/t6-/m1/s1. The summed E-state index contributed by atoms with van der Waals surface area (Å²) in [6.07, 6.45) is 1.15. The molecule has 0 bridgehead atoms. The molecule has 1 aliphatic rings. The van der Waals surface area contributed by atoms with Crippen LogP contribution in [0.3, 0.4) is 0 Å². The number of likely N-dealkylation sites (tertiary alicyclic amines) is 1. The summed E-state index contributed by atoms with van der Waals surface area (Å²) in [5.41, 5.74) is 0. The largest absolute Gasteiger partial charge is 0.453 e. The number of nitrogens with zero attached hydrogens (tertiary/aromatic N) is 1. The third kappa shape index (κ3) is 2.11. The molecule has 0 spiro atoms. The summed E-state index contributed by atoms with van der Waals surface area (Å²) < 4.78 is 4.42. The van der Waals surface area contributed by atoms with Crippen molar-refractivity contribution < 1.29 is 14.3 Å². The number of hydrogen-bond acceptors (Lipinski definition) is 3. The molecule has 5 heteroatoms. The smallest absolute Gasteiger partial charge is 0.407 e. The van der Waals surface area contributed by atoms with Crippen molar-refractivity contribution in [2.24, 2.45) is 0 Å². The van der Waals surface area contributed by atoms with Crippen LogP contribution in [0.4, 0.5) is 4.79 Å². The first kappa shape index (κ1) is 8.83. The van der Waals surface area contributed by atoms with E-state index in [-0.39, 0.29) is 6.04 Å². The molecule has 0 radical (unpaired) electrons. The van der Waals surface area contributed by atoms with Crippen LogP contribution < -0.4 is 5.32 Å². The lowest BCUT2D eigenvalue weighted by atomic mass is 10.3. The number of nitrogens with one attached hydrogen (secondary N) is 1. The Balaban J connectivity index is 2.27. The molecular formula is C7H12N2O3. The van der Waals surface area contributed by atoms with Crippen molar-refractivity contribution in [2.45, 2.75) is 12.5 Å². The van der Waals surface area contributed by atoms with E-state index in [0.29, 0.717) is 13.1 Å². The second-order valence-electron chi connectivity index (χ2n) is 2.72. The molecule has 1 rings (SSSR count). The summed E-state index contributed by atoms with van der Waals surface area (Å²) >= 11 is 0. The number of methoxy groups -OCH3 is 1. The molecule has 0 aromatic heterocycles. The predicted octanol–water partition coefficient (Wildman–Crippen LogP) is -0.427. The molecule has 1 heterocycles. The fourth-order valence-corrected chi connectivity index (χ4v) is 1.23. The van der Waals surface area contributed by atoms with Crippen LogP contribution in [0.5, 0.6) is 0 Å². The maximum atomic E-state index is 10.7. The highest BCUT2D eigenvalue weighted by Crippen LogP contribution is 2.06. The molecule has 1 atom stereocenters. The number of rotatable bonds is 2. The zero-order chi connectivity index (χ0) is 8.97. The van der Waals surface area contributed by atoms with Crippen LogP contribution >= 0.6 is 0 Å². The van der Waals surface area contributed by atoms with E-state index in [2.05, 4.69) is 10.1 Å². The van der Waals surface area contributed by atoms with Crippen molar-refractivity contribution >= 4 is 12.5 Å². The minimum Gasteiger partial charge on any atom is -0.453 e. The molecule has 0 saturated carbocycles. The van der Waals surface area contributed by atoms with E-state index in [9.17, 15) is 9.59 Å². The van der Waals surface area contributed by atoms with Crippen LogP contribution in [-0.4, -0.2) is 43.6 Å². The third-order valence-corrected chi connectivity index (χ3v) is 1.88. The van der Waals surface area contributed by atoms with E-state index in [0.717, 1.165) is 12.8 Å². The Labute approximate surface area is 70.7 Å². The molecule has 1 N–H and O–H groups in total. The molecule has 12 heavy (non-hydrogen) atoms. The number of carbonyl (C=O) groups is 2. The van der Waals surface area contributed by atoms with Crippen molar-refractivity contribution in [2.75, 3.05) is 20.2 Å². The molecule has 5 nitrogen and oxygen atoms in total. The average molecular weight is 172 g/mol. The van der Waals surface area contributed by atoms with E-state index in [4.69, 9.17) is 0 Å². The second-order valence-corrected chi connectivity index (χ2v) is 2.72. The summed E-state index contributed by atoms with van der Waals surface area (Å²) in [5, 5.41) is 2.63. The normalized spacial score (nSPS) is 22.1. The average Bonchev–Trinajstić information content (AvgIpc) is 2.52. The zero-order valence-corrected chi connectivity index (χ0v) is 6.95. The lowest BCUT2D eigenvalue weighted by Gasteiger charge is -2.11. The first-order valence-electron chi connectivity index (χ1n) is 3.80. The first-order chi connectivity index (χ1) is 5.76. The predicted molar refractivity (Wildman–Crippen MR) is 41.6 cm³/mol. The summed E-state index contributed by atoms with van der Waals surface area (Å²) in [5.74, 6) is 0. The van der Waals surface area contributed by atoms with Crippen LogP contribution in [-0.2, 0) is 9.53 Å². The topological polar surface area (TPSA) is 58.6 Å². The van der Waals surface area contributed by atoms with Gasteiger partial charge in [-0.3, -0.25) is 4.79 Å². The Hall–Kier alpha value is -1.26. The van der Waals surface area contributed by atoms with Crippen molar-refractivity contribution in [3.63, 3.8) is 0 Å². The lowest BCUT2D eigenvalue weighted by Crippen LogP contribution is -2.36. The Morgan fingerprint density at radius 3 is 3.00 bits per heavy atom. The van der Waals surface area contributed by atoms with Gasteiger partial charge in [0.25, 0.3) is 0 Å². The van der Waals surface area contributed by atoms with Gasteiger partial charge in [0.2, 0.25) is 6.41 Å². The zero-order valence-electron chi connectivity index (χ0n) is 6.95. The minimum absolute atomic E-state index is 0.0441. The maximum absolute atomic E-state index is 10.7. The van der Waals surface area contributed by atoms with E-state index < -0.39 is 6.09 Å². The minimum atomic E-state index is -0.437. The lowest BCUT2D eigenvalue weighted by molar-refractivity contribution is -0.117. The first-order valence-corrected chi connectivity index (χ1v) is 3.80. The van der Waals surface area contributed by atoms with Gasteiger partial charge in [-0.05, 0) is 6.42 Å². The van der Waals surface area contributed by atoms with Gasteiger partial charge in [-0.15, -0.1) is 0 Å². The summed E-state index contributed by atoms with van der Waals surface area (Å²) in [7, 11) is 1.32. The van der Waals surface area contributed by atoms with Crippen molar-refractivity contribution in [3.05, 3.63) is 0 Å². The monoisotopic (exact) mass is 172 g/mol. The second kappa shape index (κ2) is 3.94. The van der Waals surface area contributed by atoms with E-state index in [1.54, 1.807) is 4.90 Å².